The van der Waals surface area contributed by atoms with E-state index in [1.807, 2.05) is 12.1 Å². The van der Waals surface area contributed by atoms with Gasteiger partial charge in [-0.1, -0.05) is 29.8 Å². The first-order valence-corrected chi connectivity index (χ1v) is 8.12. The minimum Gasteiger partial charge on any atom is -0.486 e. The fourth-order valence-corrected chi connectivity index (χ4v) is 3.15. The lowest BCUT2D eigenvalue weighted by atomic mass is 10.2. The van der Waals surface area contributed by atoms with Gasteiger partial charge in [-0.15, -0.1) is 11.3 Å². The van der Waals surface area contributed by atoms with Gasteiger partial charge in [0.15, 0.2) is 0 Å². The van der Waals surface area contributed by atoms with Crippen LogP contribution in [0.2, 0.25) is 0 Å². The molecule has 23 heavy (non-hydrogen) atoms. The molecule has 0 atom stereocenters. The largest absolute Gasteiger partial charge is 0.486 e. The first-order chi connectivity index (χ1) is 11.2. The van der Waals surface area contributed by atoms with Crippen molar-refractivity contribution in [1.82, 2.24) is 4.98 Å². The standard InChI is InChI=1S/C18H17FN2OS/c1-12-2-4-13(5-3-12)18-21-16-7-6-15(10-17(16)23-18)22-11-14(19)8-9-20/h2-8,10H,9,11,20H2,1H3. The quantitative estimate of drug-likeness (QED) is 0.752. The molecule has 3 rings (SSSR count). The molecule has 0 saturated heterocycles. The van der Waals surface area contributed by atoms with Gasteiger partial charge in [0.25, 0.3) is 0 Å². The molecule has 118 valence electrons. The van der Waals surface area contributed by atoms with Gasteiger partial charge in [-0.25, -0.2) is 9.37 Å². The number of hydrogen-bond donors (Lipinski definition) is 1. The van der Waals surface area contributed by atoms with Gasteiger partial charge in [0.2, 0.25) is 0 Å². The Morgan fingerprint density at radius 2 is 2.04 bits per heavy atom. The molecule has 2 N–H and O–H groups in total. The lowest BCUT2D eigenvalue weighted by Gasteiger charge is -2.03. The molecule has 5 heteroatoms. The van der Waals surface area contributed by atoms with E-state index in [-0.39, 0.29) is 19.0 Å². The summed E-state index contributed by atoms with van der Waals surface area (Å²) in [5.74, 6) is 0.259. The lowest BCUT2D eigenvalue weighted by Crippen LogP contribution is -2.01. The molecule has 1 aromatic heterocycles. The van der Waals surface area contributed by atoms with Crippen LogP contribution in [0.1, 0.15) is 5.56 Å². The maximum atomic E-state index is 13.3. The van der Waals surface area contributed by atoms with E-state index in [2.05, 4.69) is 36.2 Å². The summed E-state index contributed by atoms with van der Waals surface area (Å²) in [5.41, 5.74) is 8.49. The van der Waals surface area contributed by atoms with Crippen LogP contribution in [0.5, 0.6) is 5.75 Å². The number of nitrogens with zero attached hydrogens (tertiary/aromatic N) is 1. The maximum Gasteiger partial charge on any atom is 0.139 e. The van der Waals surface area contributed by atoms with E-state index in [0.717, 1.165) is 20.8 Å². The van der Waals surface area contributed by atoms with Gasteiger partial charge < -0.3 is 10.5 Å². The number of aryl methyl sites for hydroxylation is 1. The van der Waals surface area contributed by atoms with Gasteiger partial charge in [-0.05, 0) is 31.2 Å². The van der Waals surface area contributed by atoms with E-state index >= 15 is 0 Å². The van der Waals surface area contributed by atoms with Crippen molar-refractivity contribution in [1.29, 1.82) is 0 Å². The molecular formula is C18H17FN2OS. The Hall–Kier alpha value is -2.24. The summed E-state index contributed by atoms with van der Waals surface area (Å²) in [4.78, 5) is 4.64. The Kier molecular flexibility index (Phi) is 4.69. The Morgan fingerprint density at radius 1 is 1.26 bits per heavy atom. The van der Waals surface area contributed by atoms with E-state index in [9.17, 15) is 4.39 Å². The average Bonchev–Trinajstić information content (AvgIpc) is 2.97. The minimum atomic E-state index is -0.364. The Labute approximate surface area is 138 Å². The Balaban J connectivity index is 1.83. The van der Waals surface area contributed by atoms with Crippen molar-refractivity contribution in [3.8, 4) is 16.3 Å². The second-order valence-corrected chi connectivity index (χ2v) is 6.22. The summed E-state index contributed by atoms with van der Waals surface area (Å²) in [6.45, 7) is 2.12. The van der Waals surface area contributed by atoms with Crippen molar-refractivity contribution < 1.29 is 9.13 Å². The summed E-state index contributed by atoms with van der Waals surface area (Å²) in [6.07, 6.45) is 1.31. The zero-order chi connectivity index (χ0) is 16.2. The second-order valence-electron chi connectivity index (χ2n) is 5.19. The number of ether oxygens (including phenoxy) is 1. The molecule has 0 fully saturated rings. The molecule has 0 aliphatic heterocycles. The van der Waals surface area contributed by atoms with Crippen LogP contribution in [-0.2, 0) is 0 Å². The molecule has 0 radical (unpaired) electrons. The normalized spacial score (nSPS) is 11.9. The van der Waals surface area contributed by atoms with E-state index in [1.54, 1.807) is 17.4 Å². The van der Waals surface area contributed by atoms with Crippen LogP contribution in [-0.4, -0.2) is 18.1 Å². The number of rotatable bonds is 5. The molecular weight excluding hydrogens is 311 g/mol. The number of thiazole rings is 1. The van der Waals surface area contributed by atoms with Crippen molar-refractivity contribution in [3.05, 3.63) is 59.9 Å². The molecule has 0 bridgehead atoms. The predicted molar refractivity (Wildman–Crippen MR) is 93.5 cm³/mol. The highest BCUT2D eigenvalue weighted by molar-refractivity contribution is 7.21. The van der Waals surface area contributed by atoms with Crippen LogP contribution in [0.4, 0.5) is 4.39 Å². The van der Waals surface area contributed by atoms with Crippen LogP contribution in [0.3, 0.4) is 0 Å². The first-order valence-electron chi connectivity index (χ1n) is 7.31. The third kappa shape index (κ3) is 3.75. The maximum absolute atomic E-state index is 13.3. The molecule has 0 unspecified atom stereocenters. The Bertz CT molecular complexity index is 840. The molecule has 0 aliphatic carbocycles. The number of hydrogen-bond acceptors (Lipinski definition) is 4. The van der Waals surface area contributed by atoms with Gasteiger partial charge >= 0.3 is 0 Å². The number of halogens is 1. The minimum absolute atomic E-state index is 0.105. The van der Waals surface area contributed by atoms with Crippen LogP contribution < -0.4 is 10.5 Å². The van der Waals surface area contributed by atoms with Crippen LogP contribution in [0.15, 0.2) is 54.4 Å². The average molecular weight is 328 g/mol. The highest BCUT2D eigenvalue weighted by Crippen LogP contribution is 2.32. The van der Waals surface area contributed by atoms with Gasteiger partial charge in [0.1, 0.15) is 23.2 Å². The fraction of sp³-hybridized carbons (Fsp3) is 0.167. The summed E-state index contributed by atoms with van der Waals surface area (Å²) in [5, 5.41) is 0.964. The number of aromatic nitrogens is 1. The SMILES string of the molecule is Cc1ccc(-c2nc3ccc(OCC(F)=CCN)cc3s2)cc1. The third-order valence-electron chi connectivity index (χ3n) is 3.37. The summed E-state index contributed by atoms with van der Waals surface area (Å²) in [6, 6.07) is 13.9. The molecule has 2 aromatic carbocycles. The smallest absolute Gasteiger partial charge is 0.139 e. The zero-order valence-electron chi connectivity index (χ0n) is 12.8. The van der Waals surface area contributed by atoms with E-state index < -0.39 is 0 Å². The van der Waals surface area contributed by atoms with E-state index in [1.165, 1.54) is 11.6 Å². The number of fused-ring (bicyclic) bond motifs is 1. The highest BCUT2D eigenvalue weighted by atomic mass is 32.1. The zero-order valence-corrected chi connectivity index (χ0v) is 13.6. The van der Waals surface area contributed by atoms with Crippen molar-refractivity contribution >= 4 is 21.6 Å². The summed E-state index contributed by atoms with van der Waals surface area (Å²) < 4.78 is 19.8. The molecule has 0 saturated carbocycles. The van der Waals surface area contributed by atoms with Gasteiger partial charge in [0, 0.05) is 12.1 Å². The van der Waals surface area contributed by atoms with Crippen molar-refractivity contribution in [2.24, 2.45) is 5.73 Å². The fourth-order valence-electron chi connectivity index (χ4n) is 2.15. The highest BCUT2D eigenvalue weighted by Gasteiger charge is 2.07. The lowest BCUT2D eigenvalue weighted by molar-refractivity contribution is 0.318. The monoisotopic (exact) mass is 328 g/mol. The van der Waals surface area contributed by atoms with Crippen molar-refractivity contribution in [2.45, 2.75) is 6.92 Å². The number of nitrogens with two attached hydrogens (primary N) is 1. The topological polar surface area (TPSA) is 48.1 Å². The van der Waals surface area contributed by atoms with E-state index in [4.69, 9.17) is 10.5 Å². The third-order valence-corrected chi connectivity index (χ3v) is 4.44. The molecule has 1 heterocycles. The van der Waals surface area contributed by atoms with Crippen LogP contribution in [0, 0.1) is 6.92 Å². The van der Waals surface area contributed by atoms with Gasteiger partial charge in [-0.3, -0.25) is 0 Å². The van der Waals surface area contributed by atoms with Crippen molar-refractivity contribution in [2.75, 3.05) is 13.2 Å². The van der Waals surface area contributed by atoms with E-state index in [0.29, 0.717) is 5.75 Å². The summed E-state index contributed by atoms with van der Waals surface area (Å²) in [7, 11) is 0. The van der Waals surface area contributed by atoms with Crippen LogP contribution >= 0.6 is 11.3 Å². The van der Waals surface area contributed by atoms with Gasteiger partial charge in [0.05, 0.1) is 10.2 Å². The second kappa shape index (κ2) is 6.89. The summed E-state index contributed by atoms with van der Waals surface area (Å²) >= 11 is 1.60. The Morgan fingerprint density at radius 3 is 2.78 bits per heavy atom. The van der Waals surface area contributed by atoms with Crippen LogP contribution in [0.25, 0.3) is 20.8 Å². The predicted octanol–water partition coefficient (Wildman–Crippen LogP) is 4.46. The molecule has 0 aliphatic rings. The van der Waals surface area contributed by atoms with Crippen molar-refractivity contribution in [3.63, 3.8) is 0 Å². The first kappa shape index (κ1) is 15.6. The molecule has 0 amide bonds. The molecule has 3 aromatic rings. The molecule has 3 nitrogen and oxygen atoms in total. The molecule has 0 spiro atoms. The van der Waals surface area contributed by atoms with Gasteiger partial charge in [-0.2, -0.15) is 0 Å². The number of benzene rings is 2.